The van der Waals surface area contributed by atoms with E-state index in [0.717, 1.165) is 0 Å². The molecule has 1 unspecified atom stereocenters. The molecular formula is C11H11ClF2O3. The van der Waals surface area contributed by atoms with E-state index in [9.17, 15) is 13.6 Å². The van der Waals surface area contributed by atoms with E-state index in [1.807, 2.05) is 0 Å². The summed E-state index contributed by atoms with van der Waals surface area (Å²) in [5.74, 6) is -1.00. The van der Waals surface area contributed by atoms with Crippen LogP contribution in [0.4, 0.5) is 8.78 Å². The summed E-state index contributed by atoms with van der Waals surface area (Å²) in [6.07, 6.45) is 0.0255. The largest absolute Gasteiger partial charge is 0.481 e. The Labute approximate surface area is 102 Å². The zero-order valence-electron chi connectivity index (χ0n) is 8.78. The van der Waals surface area contributed by atoms with Gasteiger partial charge in [0.05, 0.1) is 5.38 Å². The predicted molar refractivity (Wildman–Crippen MR) is 58.5 cm³/mol. The van der Waals surface area contributed by atoms with E-state index < -0.39 is 18.0 Å². The lowest BCUT2D eigenvalue weighted by Gasteiger charge is -2.14. The van der Waals surface area contributed by atoms with Crippen molar-refractivity contribution in [2.45, 2.75) is 24.8 Å². The number of carbonyl (C=O) groups is 1. The van der Waals surface area contributed by atoms with E-state index in [1.54, 1.807) is 12.1 Å². The lowest BCUT2D eigenvalue weighted by atomic mass is 10.1. The van der Waals surface area contributed by atoms with Gasteiger partial charge in [0.25, 0.3) is 0 Å². The van der Waals surface area contributed by atoms with E-state index in [4.69, 9.17) is 16.7 Å². The van der Waals surface area contributed by atoms with Crippen LogP contribution >= 0.6 is 11.6 Å². The molecule has 94 valence electrons. The average Bonchev–Trinajstić information content (AvgIpc) is 2.25. The molecule has 0 heterocycles. The number of ether oxygens (including phenoxy) is 1. The number of carboxylic acids is 1. The third kappa shape index (κ3) is 4.56. The molecule has 17 heavy (non-hydrogen) atoms. The maximum Gasteiger partial charge on any atom is 0.387 e. The first-order valence-electron chi connectivity index (χ1n) is 4.90. The number of hydrogen-bond acceptors (Lipinski definition) is 2. The monoisotopic (exact) mass is 264 g/mol. The van der Waals surface area contributed by atoms with Gasteiger partial charge in [-0.25, -0.2) is 0 Å². The lowest BCUT2D eigenvalue weighted by Crippen LogP contribution is -2.06. The molecule has 3 nitrogen and oxygen atoms in total. The fourth-order valence-corrected chi connectivity index (χ4v) is 1.64. The van der Waals surface area contributed by atoms with E-state index in [1.165, 1.54) is 12.1 Å². The topological polar surface area (TPSA) is 46.5 Å². The van der Waals surface area contributed by atoms with Crippen molar-refractivity contribution in [1.29, 1.82) is 0 Å². The molecule has 0 fully saturated rings. The first-order valence-corrected chi connectivity index (χ1v) is 5.34. The Morgan fingerprint density at radius 2 is 2.06 bits per heavy atom. The molecule has 0 aliphatic heterocycles. The van der Waals surface area contributed by atoms with Crippen LogP contribution in [0.1, 0.15) is 23.8 Å². The fourth-order valence-electron chi connectivity index (χ4n) is 1.35. The molecule has 1 rings (SSSR count). The number of para-hydroxylation sites is 1. The molecule has 0 bridgehead atoms. The minimum Gasteiger partial charge on any atom is -0.481 e. The van der Waals surface area contributed by atoms with Crippen molar-refractivity contribution in [3.63, 3.8) is 0 Å². The summed E-state index contributed by atoms with van der Waals surface area (Å²) in [6.45, 7) is -2.93. The van der Waals surface area contributed by atoms with Crippen LogP contribution in [0, 0.1) is 0 Å². The number of carboxylic acid groups (broad SMARTS) is 1. The van der Waals surface area contributed by atoms with Gasteiger partial charge < -0.3 is 9.84 Å². The second-order valence-electron chi connectivity index (χ2n) is 3.32. The molecule has 0 saturated carbocycles. The molecule has 0 spiro atoms. The summed E-state index contributed by atoms with van der Waals surface area (Å²) in [4.78, 5) is 10.4. The van der Waals surface area contributed by atoms with Gasteiger partial charge in [-0.2, -0.15) is 8.78 Å². The van der Waals surface area contributed by atoms with Crippen molar-refractivity contribution < 1.29 is 23.4 Å². The van der Waals surface area contributed by atoms with E-state index in [0.29, 0.717) is 5.56 Å². The quantitative estimate of drug-likeness (QED) is 0.801. The number of aliphatic carboxylic acids is 1. The van der Waals surface area contributed by atoms with Crippen molar-refractivity contribution >= 4 is 17.6 Å². The van der Waals surface area contributed by atoms with Crippen LogP contribution in [0.25, 0.3) is 0 Å². The van der Waals surface area contributed by atoms with Gasteiger partial charge in [0, 0.05) is 12.0 Å². The van der Waals surface area contributed by atoms with Crippen LogP contribution in [0.5, 0.6) is 5.75 Å². The Balaban J connectivity index is 2.77. The van der Waals surface area contributed by atoms with Crippen molar-refractivity contribution in [3.05, 3.63) is 29.8 Å². The van der Waals surface area contributed by atoms with Gasteiger partial charge in [0.1, 0.15) is 5.75 Å². The number of benzene rings is 1. The molecule has 0 aromatic heterocycles. The van der Waals surface area contributed by atoms with Crippen LogP contribution in [0.15, 0.2) is 24.3 Å². The van der Waals surface area contributed by atoms with Crippen LogP contribution in [0.2, 0.25) is 0 Å². The Kier molecular flexibility index (Phi) is 5.15. The average molecular weight is 265 g/mol. The Bertz CT molecular complexity index is 385. The van der Waals surface area contributed by atoms with Crippen molar-refractivity contribution in [2.24, 2.45) is 0 Å². The first kappa shape index (κ1) is 13.7. The minimum absolute atomic E-state index is 0.0205. The molecule has 1 N–H and O–H groups in total. The maximum atomic E-state index is 12.1. The molecule has 0 saturated heterocycles. The number of halogens is 3. The highest BCUT2D eigenvalue weighted by molar-refractivity contribution is 6.21. The minimum atomic E-state index is -2.93. The zero-order valence-corrected chi connectivity index (χ0v) is 9.53. The van der Waals surface area contributed by atoms with Gasteiger partial charge in [-0.1, -0.05) is 18.2 Å². The predicted octanol–water partition coefficient (Wildman–Crippen LogP) is 3.43. The van der Waals surface area contributed by atoms with Crippen molar-refractivity contribution in [1.82, 2.24) is 0 Å². The highest BCUT2D eigenvalue weighted by atomic mass is 35.5. The van der Waals surface area contributed by atoms with Gasteiger partial charge in [-0.15, -0.1) is 11.6 Å². The highest BCUT2D eigenvalue weighted by Crippen LogP contribution is 2.33. The fraction of sp³-hybridized carbons (Fsp3) is 0.364. The summed E-state index contributed by atoms with van der Waals surface area (Å²) in [5.41, 5.74) is 0.371. The number of hydrogen-bond donors (Lipinski definition) is 1. The summed E-state index contributed by atoms with van der Waals surface area (Å²) in [6, 6.07) is 6.08. The zero-order chi connectivity index (χ0) is 12.8. The van der Waals surface area contributed by atoms with Gasteiger partial charge in [-0.3, -0.25) is 4.79 Å². The Morgan fingerprint density at radius 1 is 1.41 bits per heavy atom. The Hall–Kier alpha value is -1.36. The summed E-state index contributed by atoms with van der Waals surface area (Å²) in [7, 11) is 0. The molecule has 1 aromatic carbocycles. The second kappa shape index (κ2) is 6.39. The number of alkyl halides is 3. The van der Waals surface area contributed by atoms with Crippen molar-refractivity contribution in [3.8, 4) is 5.75 Å². The molecule has 6 heteroatoms. The molecule has 1 atom stereocenters. The third-order valence-corrected chi connectivity index (χ3v) is 2.54. The van der Waals surface area contributed by atoms with Gasteiger partial charge in [0.2, 0.25) is 0 Å². The SMILES string of the molecule is O=C(O)CCC(Cl)c1ccccc1OC(F)F. The lowest BCUT2D eigenvalue weighted by molar-refractivity contribution is -0.137. The van der Waals surface area contributed by atoms with E-state index in [-0.39, 0.29) is 18.6 Å². The van der Waals surface area contributed by atoms with Crippen LogP contribution in [-0.4, -0.2) is 17.7 Å². The van der Waals surface area contributed by atoms with Crippen molar-refractivity contribution in [2.75, 3.05) is 0 Å². The summed E-state index contributed by atoms with van der Waals surface area (Å²) < 4.78 is 28.5. The summed E-state index contributed by atoms with van der Waals surface area (Å²) >= 11 is 5.95. The third-order valence-electron chi connectivity index (χ3n) is 2.08. The maximum absolute atomic E-state index is 12.1. The van der Waals surface area contributed by atoms with Crippen LogP contribution < -0.4 is 4.74 Å². The van der Waals surface area contributed by atoms with Gasteiger partial charge in [0.15, 0.2) is 0 Å². The van der Waals surface area contributed by atoms with Crippen LogP contribution in [0.3, 0.4) is 0 Å². The molecule has 0 aliphatic carbocycles. The molecule has 0 aliphatic rings. The normalized spacial score (nSPS) is 12.5. The Morgan fingerprint density at radius 3 is 2.65 bits per heavy atom. The molecule has 0 radical (unpaired) electrons. The highest BCUT2D eigenvalue weighted by Gasteiger charge is 2.16. The summed E-state index contributed by atoms with van der Waals surface area (Å²) in [5, 5.41) is 7.85. The first-order chi connectivity index (χ1) is 8.00. The van der Waals surface area contributed by atoms with E-state index in [2.05, 4.69) is 4.74 Å². The molecule has 1 aromatic rings. The van der Waals surface area contributed by atoms with E-state index >= 15 is 0 Å². The number of rotatable bonds is 6. The standard InChI is InChI=1S/C11H11ClF2O3/c12-8(5-6-10(15)16)7-3-1-2-4-9(7)17-11(13)14/h1-4,8,11H,5-6H2,(H,15,16). The van der Waals surface area contributed by atoms with Gasteiger partial charge in [-0.05, 0) is 12.5 Å². The van der Waals surface area contributed by atoms with Gasteiger partial charge >= 0.3 is 12.6 Å². The second-order valence-corrected chi connectivity index (χ2v) is 3.84. The van der Waals surface area contributed by atoms with Crippen LogP contribution in [-0.2, 0) is 4.79 Å². The molecular weight excluding hydrogens is 254 g/mol. The smallest absolute Gasteiger partial charge is 0.387 e. The molecule has 0 amide bonds.